The molecule has 0 unspecified atom stereocenters. The van der Waals surface area contributed by atoms with Crippen LogP contribution in [0.3, 0.4) is 0 Å². The number of benzene rings is 1. The molecule has 4 rings (SSSR count). The maximum atomic E-state index is 13.4. The average Bonchev–Trinajstić information content (AvgIpc) is 3.39. The van der Waals surface area contributed by atoms with E-state index >= 15 is 0 Å². The second kappa shape index (κ2) is 7.34. The minimum Gasteiger partial charge on any atom is -0.340 e. The number of nitrogens with zero attached hydrogens (tertiary/aromatic N) is 4. The maximum absolute atomic E-state index is 13.4. The molecule has 0 saturated carbocycles. The monoisotopic (exact) mass is 372 g/mol. The molecule has 0 radical (unpaired) electrons. The third-order valence-electron chi connectivity index (χ3n) is 4.73. The first kappa shape index (κ1) is 17.4. The summed E-state index contributed by atoms with van der Waals surface area (Å²) in [5, 5.41) is 6.74. The molecule has 3 aromatic rings. The van der Waals surface area contributed by atoms with E-state index in [4.69, 9.17) is 4.52 Å². The molecule has 1 aromatic carbocycles. The number of fused-ring (bicyclic) bond motifs is 1. The van der Waals surface area contributed by atoms with Gasteiger partial charge in [0.15, 0.2) is 5.82 Å². The van der Waals surface area contributed by atoms with Crippen molar-refractivity contribution in [1.82, 2.24) is 30.3 Å². The number of hydrogen-bond acceptors (Lipinski definition) is 5. The van der Waals surface area contributed by atoms with E-state index in [9.17, 15) is 9.18 Å². The standard InChI is InChI=1S/C18H21FN6O2/c1-2-15-23-16(27-24-15)7-8-20-18(26)25-9-3-4-14(25)17-21-12-6-5-11(19)10-13(12)22-17/h5-6,10,14H,2-4,7-9H2,1H3,(H,20,26)(H,21,22)/t14-/m1/s1. The fourth-order valence-electron chi connectivity index (χ4n) is 3.37. The molecule has 2 aromatic heterocycles. The summed E-state index contributed by atoms with van der Waals surface area (Å²) >= 11 is 0. The van der Waals surface area contributed by atoms with Gasteiger partial charge in [-0.25, -0.2) is 14.2 Å². The number of imidazole rings is 1. The number of carbonyl (C=O) groups excluding carboxylic acids is 1. The van der Waals surface area contributed by atoms with E-state index in [1.54, 1.807) is 11.0 Å². The SMILES string of the molecule is CCc1noc(CCNC(=O)N2CCC[C@@H]2c2nc3ccc(F)cc3[nH]2)n1. The molecule has 2 amide bonds. The van der Waals surface area contributed by atoms with Crippen LogP contribution in [-0.4, -0.2) is 44.1 Å². The summed E-state index contributed by atoms with van der Waals surface area (Å²) in [6.45, 7) is 3.03. The molecule has 2 N–H and O–H groups in total. The second-order valence-electron chi connectivity index (χ2n) is 6.57. The third kappa shape index (κ3) is 3.62. The van der Waals surface area contributed by atoms with Crippen molar-refractivity contribution in [3.63, 3.8) is 0 Å². The smallest absolute Gasteiger partial charge is 0.318 e. The Hall–Kier alpha value is -2.97. The minimum atomic E-state index is -0.314. The summed E-state index contributed by atoms with van der Waals surface area (Å²) in [7, 11) is 0. The van der Waals surface area contributed by atoms with Gasteiger partial charge in [0.05, 0.1) is 17.1 Å². The van der Waals surface area contributed by atoms with Crippen molar-refractivity contribution in [2.24, 2.45) is 0 Å². The Morgan fingerprint density at radius 1 is 1.44 bits per heavy atom. The number of nitrogens with one attached hydrogen (secondary N) is 2. The molecule has 8 nitrogen and oxygen atoms in total. The van der Waals surface area contributed by atoms with Gasteiger partial charge in [-0.05, 0) is 31.0 Å². The molecule has 0 spiro atoms. The lowest BCUT2D eigenvalue weighted by Gasteiger charge is -2.23. The lowest BCUT2D eigenvalue weighted by atomic mass is 10.2. The van der Waals surface area contributed by atoms with Crippen LogP contribution < -0.4 is 5.32 Å². The van der Waals surface area contributed by atoms with Crippen LogP contribution in [0.1, 0.15) is 43.3 Å². The Bertz CT molecular complexity index is 952. The highest BCUT2D eigenvalue weighted by molar-refractivity contribution is 5.77. The molecule has 0 bridgehead atoms. The predicted octanol–water partition coefficient (Wildman–Crippen LogP) is 2.74. The van der Waals surface area contributed by atoms with Crippen LogP contribution in [0.5, 0.6) is 0 Å². The molecule has 142 valence electrons. The first-order chi connectivity index (χ1) is 13.1. The van der Waals surface area contributed by atoms with Gasteiger partial charge in [0.25, 0.3) is 0 Å². The number of rotatable bonds is 5. The lowest BCUT2D eigenvalue weighted by Crippen LogP contribution is -2.40. The van der Waals surface area contributed by atoms with Crippen LogP contribution in [0.2, 0.25) is 0 Å². The van der Waals surface area contributed by atoms with Crippen molar-refractivity contribution in [2.75, 3.05) is 13.1 Å². The number of urea groups is 1. The molecular weight excluding hydrogens is 351 g/mol. The van der Waals surface area contributed by atoms with E-state index in [0.717, 1.165) is 12.8 Å². The lowest BCUT2D eigenvalue weighted by molar-refractivity contribution is 0.191. The first-order valence-corrected chi connectivity index (χ1v) is 9.15. The molecule has 27 heavy (non-hydrogen) atoms. The zero-order valence-corrected chi connectivity index (χ0v) is 15.0. The van der Waals surface area contributed by atoms with Gasteiger partial charge in [0.2, 0.25) is 5.89 Å². The normalized spacial score (nSPS) is 17.0. The Morgan fingerprint density at radius 3 is 3.15 bits per heavy atom. The van der Waals surface area contributed by atoms with Gasteiger partial charge < -0.3 is 19.7 Å². The highest BCUT2D eigenvalue weighted by atomic mass is 19.1. The molecule has 1 saturated heterocycles. The van der Waals surface area contributed by atoms with Gasteiger partial charge in [-0.15, -0.1) is 0 Å². The second-order valence-corrected chi connectivity index (χ2v) is 6.57. The highest BCUT2D eigenvalue weighted by Crippen LogP contribution is 2.31. The molecular formula is C18H21FN6O2. The van der Waals surface area contributed by atoms with Crippen LogP contribution in [-0.2, 0) is 12.8 Å². The fraction of sp³-hybridized carbons (Fsp3) is 0.444. The summed E-state index contributed by atoms with van der Waals surface area (Å²) in [5.74, 6) is 1.56. The van der Waals surface area contributed by atoms with Crippen molar-refractivity contribution in [2.45, 2.75) is 38.6 Å². The van der Waals surface area contributed by atoms with E-state index in [-0.39, 0.29) is 17.9 Å². The van der Waals surface area contributed by atoms with Crippen molar-refractivity contribution >= 4 is 17.1 Å². The number of aromatic amines is 1. The minimum absolute atomic E-state index is 0.143. The van der Waals surface area contributed by atoms with Gasteiger partial charge in [0.1, 0.15) is 11.6 Å². The molecule has 1 atom stereocenters. The van der Waals surface area contributed by atoms with E-state index < -0.39 is 0 Å². The summed E-state index contributed by atoms with van der Waals surface area (Å²) < 4.78 is 18.5. The van der Waals surface area contributed by atoms with Crippen LogP contribution in [0.25, 0.3) is 11.0 Å². The third-order valence-corrected chi connectivity index (χ3v) is 4.73. The zero-order valence-electron chi connectivity index (χ0n) is 15.0. The number of H-pyrrole nitrogens is 1. The van der Waals surface area contributed by atoms with Gasteiger partial charge in [0, 0.05) is 25.9 Å². The summed E-state index contributed by atoms with van der Waals surface area (Å²) in [4.78, 5) is 26.3. The van der Waals surface area contributed by atoms with Crippen LogP contribution >= 0.6 is 0 Å². The van der Waals surface area contributed by atoms with Crippen molar-refractivity contribution < 1.29 is 13.7 Å². The fourth-order valence-corrected chi connectivity index (χ4v) is 3.37. The van der Waals surface area contributed by atoms with Gasteiger partial charge in [-0.3, -0.25) is 0 Å². The highest BCUT2D eigenvalue weighted by Gasteiger charge is 2.32. The number of amides is 2. The van der Waals surface area contributed by atoms with Crippen LogP contribution in [0.4, 0.5) is 9.18 Å². The van der Waals surface area contributed by atoms with Crippen LogP contribution in [0.15, 0.2) is 22.7 Å². The summed E-state index contributed by atoms with van der Waals surface area (Å²) in [5.41, 5.74) is 1.34. The number of aryl methyl sites for hydroxylation is 1. The molecule has 3 heterocycles. The number of halogens is 1. The van der Waals surface area contributed by atoms with Crippen molar-refractivity contribution in [3.8, 4) is 0 Å². The Morgan fingerprint density at radius 2 is 2.33 bits per heavy atom. The molecule has 0 aliphatic carbocycles. The van der Waals surface area contributed by atoms with E-state index in [0.29, 0.717) is 54.5 Å². The maximum Gasteiger partial charge on any atom is 0.318 e. The average molecular weight is 372 g/mol. The molecule has 1 fully saturated rings. The zero-order chi connectivity index (χ0) is 18.8. The summed E-state index contributed by atoms with van der Waals surface area (Å²) in [6.07, 6.45) is 2.92. The van der Waals surface area contributed by atoms with E-state index in [1.165, 1.54) is 12.1 Å². The summed E-state index contributed by atoms with van der Waals surface area (Å²) in [6, 6.07) is 4.14. The Balaban J connectivity index is 1.40. The van der Waals surface area contributed by atoms with Gasteiger partial charge in [-0.2, -0.15) is 4.98 Å². The van der Waals surface area contributed by atoms with Gasteiger partial charge in [-0.1, -0.05) is 12.1 Å². The van der Waals surface area contributed by atoms with E-state index in [2.05, 4.69) is 25.4 Å². The number of likely N-dealkylation sites (tertiary alicyclic amines) is 1. The van der Waals surface area contributed by atoms with Crippen LogP contribution in [0, 0.1) is 5.82 Å². The number of aromatic nitrogens is 4. The van der Waals surface area contributed by atoms with Crippen molar-refractivity contribution in [1.29, 1.82) is 0 Å². The Kier molecular flexibility index (Phi) is 4.74. The molecule has 1 aliphatic heterocycles. The first-order valence-electron chi connectivity index (χ1n) is 9.15. The van der Waals surface area contributed by atoms with Crippen molar-refractivity contribution in [3.05, 3.63) is 41.6 Å². The largest absolute Gasteiger partial charge is 0.340 e. The van der Waals surface area contributed by atoms with Gasteiger partial charge >= 0.3 is 6.03 Å². The van der Waals surface area contributed by atoms with E-state index in [1.807, 2.05) is 6.92 Å². The Labute approximate surface area is 155 Å². The molecule has 1 aliphatic rings. The predicted molar refractivity (Wildman–Crippen MR) is 95.5 cm³/mol. The number of carbonyl (C=O) groups is 1. The number of hydrogen-bond donors (Lipinski definition) is 2. The quantitative estimate of drug-likeness (QED) is 0.717. The molecule has 9 heteroatoms. The topological polar surface area (TPSA) is 99.9 Å².